The van der Waals surface area contributed by atoms with Gasteiger partial charge in [0.2, 0.25) is 10.0 Å². The average molecular weight is 494 g/mol. The number of carbonyl (C=O) groups excluding carboxylic acids is 1. The zero-order chi connectivity index (χ0) is 23.8. The van der Waals surface area contributed by atoms with E-state index in [0.717, 1.165) is 11.8 Å². The molecule has 178 valence electrons. The molecule has 2 aromatic rings. The molecule has 0 unspecified atom stereocenters. The molecule has 0 saturated carbocycles. The molecule has 2 aliphatic rings. The van der Waals surface area contributed by atoms with Crippen molar-refractivity contribution in [2.75, 3.05) is 37.9 Å². The summed E-state index contributed by atoms with van der Waals surface area (Å²) in [6, 6.07) is 10.7. The van der Waals surface area contributed by atoms with Crippen molar-refractivity contribution >= 4 is 31.6 Å². The highest BCUT2D eigenvalue weighted by molar-refractivity contribution is 7.90. The molecule has 2 amide bonds. The van der Waals surface area contributed by atoms with Crippen LogP contribution >= 0.6 is 0 Å². The van der Waals surface area contributed by atoms with Crippen LogP contribution in [-0.2, 0) is 26.3 Å². The first-order valence-corrected chi connectivity index (χ1v) is 14.0. The molecule has 9 nitrogen and oxygen atoms in total. The van der Waals surface area contributed by atoms with E-state index in [4.69, 9.17) is 4.74 Å². The van der Waals surface area contributed by atoms with Gasteiger partial charge in [0.25, 0.3) is 0 Å². The number of nitrogens with one attached hydrogen (secondary N) is 1. The Kier molecular flexibility index (Phi) is 6.39. The third-order valence-corrected chi connectivity index (χ3v) is 9.12. The Balaban J connectivity index is 1.36. The first kappa shape index (κ1) is 23.5. The molecular formula is C22H27N3O6S2. The third kappa shape index (κ3) is 4.85. The van der Waals surface area contributed by atoms with Gasteiger partial charge in [-0.3, -0.25) is 4.90 Å². The summed E-state index contributed by atoms with van der Waals surface area (Å²) in [5.74, 6) is 0.589. The minimum Gasteiger partial charge on any atom is -0.497 e. The first-order chi connectivity index (χ1) is 15.6. The van der Waals surface area contributed by atoms with Gasteiger partial charge in [-0.2, -0.15) is 4.31 Å². The number of ether oxygens (including phenoxy) is 1. The molecule has 1 fully saturated rings. The summed E-state index contributed by atoms with van der Waals surface area (Å²) in [7, 11) is -5.39. The van der Waals surface area contributed by atoms with E-state index >= 15 is 0 Å². The zero-order valence-corrected chi connectivity index (χ0v) is 20.2. The van der Waals surface area contributed by atoms with E-state index in [0.29, 0.717) is 50.3 Å². The fraction of sp³-hybridized carbons (Fsp3) is 0.409. The van der Waals surface area contributed by atoms with Gasteiger partial charge in [0, 0.05) is 37.6 Å². The van der Waals surface area contributed by atoms with Gasteiger partial charge in [-0.15, -0.1) is 0 Å². The van der Waals surface area contributed by atoms with E-state index < -0.39 is 19.9 Å². The van der Waals surface area contributed by atoms with Crippen molar-refractivity contribution in [1.29, 1.82) is 0 Å². The summed E-state index contributed by atoms with van der Waals surface area (Å²) in [6.45, 7) is 1.10. The largest absolute Gasteiger partial charge is 0.497 e. The van der Waals surface area contributed by atoms with E-state index in [1.165, 1.54) is 29.6 Å². The predicted octanol–water partition coefficient (Wildman–Crippen LogP) is 2.02. The average Bonchev–Trinajstić information content (AvgIpc) is 3.22. The highest BCUT2D eigenvalue weighted by atomic mass is 32.2. The van der Waals surface area contributed by atoms with Crippen LogP contribution in [0.15, 0.2) is 52.3 Å². The van der Waals surface area contributed by atoms with E-state index in [1.54, 1.807) is 29.2 Å². The van der Waals surface area contributed by atoms with Gasteiger partial charge >= 0.3 is 6.03 Å². The Morgan fingerprint density at radius 3 is 2.21 bits per heavy atom. The Labute approximate surface area is 194 Å². The van der Waals surface area contributed by atoms with Crippen LogP contribution in [0.1, 0.15) is 18.4 Å². The van der Waals surface area contributed by atoms with Crippen LogP contribution in [0.25, 0.3) is 0 Å². The first-order valence-electron chi connectivity index (χ1n) is 10.6. The van der Waals surface area contributed by atoms with Crippen molar-refractivity contribution in [3.8, 4) is 5.75 Å². The quantitative estimate of drug-likeness (QED) is 0.682. The number of hydrogen-bond acceptors (Lipinski definition) is 6. The molecule has 2 aromatic carbocycles. The third-order valence-electron chi connectivity index (χ3n) is 6.10. The van der Waals surface area contributed by atoms with E-state index in [-0.39, 0.29) is 21.9 Å². The Bertz CT molecular complexity index is 1250. The number of urea groups is 1. The number of hydrogen-bond donors (Lipinski definition) is 1. The minimum atomic E-state index is -3.61. The van der Waals surface area contributed by atoms with E-state index in [1.807, 2.05) is 0 Å². The lowest BCUT2D eigenvalue weighted by molar-refractivity contribution is 0.233. The molecule has 2 heterocycles. The van der Waals surface area contributed by atoms with Crippen molar-refractivity contribution in [3.63, 3.8) is 0 Å². The summed E-state index contributed by atoms with van der Waals surface area (Å²) in [5.41, 5.74) is 1.54. The topological polar surface area (TPSA) is 113 Å². The molecule has 33 heavy (non-hydrogen) atoms. The van der Waals surface area contributed by atoms with Crippen LogP contribution < -0.4 is 15.0 Å². The number of amides is 2. The number of rotatable bonds is 5. The van der Waals surface area contributed by atoms with Crippen LogP contribution in [0.3, 0.4) is 0 Å². The van der Waals surface area contributed by atoms with Gasteiger partial charge < -0.3 is 10.1 Å². The van der Waals surface area contributed by atoms with E-state index in [2.05, 4.69) is 5.32 Å². The second-order valence-corrected chi connectivity index (χ2v) is 12.2. The van der Waals surface area contributed by atoms with E-state index in [9.17, 15) is 21.6 Å². The van der Waals surface area contributed by atoms with Crippen LogP contribution in [0.4, 0.5) is 10.5 Å². The summed E-state index contributed by atoms with van der Waals surface area (Å²) in [4.78, 5) is 14.9. The summed E-state index contributed by atoms with van der Waals surface area (Å²) in [6.07, 6.45) is 2.77. The van der Waals surface area contributed by atoms with Gasteiger partial charge in [-0.1, -0.05) is 0 Å². The van der Waals surface area contributed by atoms with Gasteiger partial charge in [0.05, 0.1) is 16.9 Å². The molecule has 0 bridgehead atoms. The fourth-order valence-electron chi connectivity index (χ4n) is 4.21. The molecule has 0 spiro atoms. The standard InChI is InChI=1S/C22H27N3O6S2/c1-31-18-3-5-19(6-4-18)33(29,30)24-12-10-17(11-13-24)23-22(26)25-14-9-16-15-20(32(2,27)28)7-8-21(16)25/h3-8,15,17H,9-14H2,1-2H3,(H,23,26). The second-order valence-electron chi connectivity index (χ2n) is 8.27. The predicted molar refractivity (Wildman–Crippen MR) is 124 cm³/mol. The molecule has 0 aliphatic carbocycles. The number of benzene rings is 2. The fourth-order valence-corrected chi connectivity index (χ4v) is 6.35. The van der Waals surface area contributed by atoms with Crippen LogP contribution in [0, 0.1) is 0 Å². The number of fused-ring (bicyclic) bond motifs is 1. The highest BCUT2D eigenvalue weighted by Crippen LogP contribution is 2.30. The van der Waals surface area contributed by atoms with Crippen molar-refractivity contribution in [2.24, 2.45) is 0 Å². The minimum absolute atomic E-state index is 0.140. The smallest absolute Gasteiger partial charge is 0.322 e. The van der Waals surface area contributed by atoms with Gasteiger partial charge in [0.15, 0.2) is 9.84 Å². The maximum atomic E-state index is 12.9. The zero-order valence-electron chi connectivity index (χ0n) is 18.5. The van der Waals surface area contributed by atoms with Gasteiger partial charge in [-0.25, -0.2) is 21.6 Å². The monoisotopic (exact) mass is 493 g/mol. The number of sulfone groups is 1. The highest BCUT2D eigenvalue weighted by Gasteiger charge is 2.32. The SMILES string of the molecule is COc1ccc(S(=O)(=O)N2CCC(NC(=O)N3CCc4cc(S(C)(=O)=O)ccc43)CC2)cc1. The van der Waals surface area contributed by atoms with Crippen LogP contribution in [0.2, 0.25) is 0 Å². The number of anilines is 1. The van der Waals surface area contributed by atoms with Crippen molar-refractivity contribution in [3.05, 3.63) is 48.0 Å². The molecule has 1 N–H and O–H groups in total. The maximum absolute atomic E-state index is 12.9. The van der Waals surface area contributed by atoms with Crippen LogP contribution in [0.5, 0.6) is 5.75 Å². The van der Waals surface area contributed by atoms with Gasteiger partial charge in [-0.05, 0) is 67.3 Å². The molecule has 0 aromatic heterocycles. The summed E-state index contributed by atoms with van der Waals surface area (Å²) in [5, 5.41) is 3.00. The molecule has 0 atom stereocenters. The van der Waals surface area contributed by atoms with Crippen molar-refractivity contribution < 1.29 is 26.4 Å². The number of sulfonamides is 1. The Morgan fingerprint density at radius 2 is 1.61 bits per heavy atom. The number of methoxy groups -OCH3 is 1. The van der Waals surface area contributed by atoms with Crippen molar-refractivity contribution in [2.45, 2.75) is 35.1 Å². The summed E-state index contributed by atoms with van der Waals surface area (Å²) >= 11 is 0. The lowest BCUT2D eigenvalue weighted by Gasteiger charge is -2.32. The summed E-state index contributed by atoms with van der Waals surface area (Å²) < 4.78 is 55.9. The maximum Gasteiger partial charge on any atom is 0.322 e. The molecule has 4 rings (SSSR count). The van der Waals surface area contributed by atoms with Gasteiger partial charge in [0.1, 0.15) is 5.75 Å². The van der Waals surface area contributed by atoms with Crippen molar-refractivity contribution in [1.82, 2.24) is 9.62 Å². The Hall–Kier alpha value is -2.63. The van der Waals surface area contributed by atoms with Crippen LogP contribution in [-0.4, -0.2) is 66.2 Å². The number of nitrogens with zero attached hydrogens (tertiary/aromatic N) is 2. The molecule has 2 aliphatic heterocycles. The molecule has 11 heteroatoms. The molecular weight excluding hydrogens is 466 g/mol. The number of piperidine rings is 1. The molecule has 1 saturated heterocycles. The molecule has 0 radical (unpaired) electrons. The second kappa shape index (κ2) is 8.96. The Morgan fingerprint density at radius 1 is 0.970 bits per heavy atom. The lowest BCUT2D eigenvalue weighted by Crippen LogP contribution is -2.50. The number of carbonyl (C=O) groups is 1. The lowest BCUT2D eigenvalue weighted by atomic mass is 10.1. The normalized spacial score (nSPS) is 17.6.